The predicted molar refractivity (Wildman–Crippen MR) is 127 cm³/mol. The van der Waals surface area contributed by atoms with E-state index in [0.29, 0.717) is 30.1 Å². The lowest BCUT2D eigenvalue weighted by atomic mass is 10.2. The normalized spacial score (nSPS) is 11.0. The van der Waals surface area contributed by atoms with Crippen molar-refractivity contribution in [2.45, 2.75) is 20.1 Å². The van der Waals surface area contributed by atoms with Crippen molar-refractivity contribution in [1.29, 1.82) is 0 Å². The first kappa shape index (κ1) is 21.5. The Morgan fingerprint density at radius 3 is 2.38 bits per heavy atom. The number of hydrogen-bond acceptors (Lipinski definition) is 7. The van der Waals surface area contributed by atoms with Crippen LogP contribution in [0.15, 0.2) is 83.3 Å². The van der Waals surface area contributed by atoms with Gasteiger partial charge in [0.1, 0.15) is 30.2 Å². The zero-order valence-electron chi connectivity index (χ0n) is 18.6. The first-order valence-corrected chi connectivity index (χ1v) is 10.9. The number of esters is 1. The number of oxazole rings is 1. The second kappa shape index (κ2) is 9.62. The predicted octanol–water partition coefficient (Wildman–Crippen LogP) is 5.71. The molecular formula is C27H22N2O5. The minimum absolute atomic E-state index is 0.0515. The fourth-order valence-corrected chi connectivity index (χ4v) is 3.48. The smallest absolute Gasteiger partial charge is 0.394 e. The summed E-state index contributed by atoms with van der Waals surface area (Å²) >= 11 is 0. The minimum Gasteiger partial charge on any atom is -0.489 e. The van der Waals surface area contributed by atoms with Gasteiger partial charge >= 0.3 is 11.9 Å². The van der Waals surface area contributed by atoms with Gasteiger partial charge in [0.15, 0.2) is 5.58 Å². The summed E-state index contributed by atoms with van der Waals surface area (Å²) in [7, 11) is 0. The first-order chi connectivity index (χ1) is 16.7. The van der Waals surface area contributed by atoms with Gasteiger partial charge in [-0.25, -0.2) is 14.8 Å². The highest BCUT2D eigenvalue weighted by atomic mass is 16.5. The summed E-state index contributed by atoms with van der Waals surface area (Å²) in [5.74, 6) is 0.817. The van der Waals surface area contributed by atoms with E-state index in [1.54, 1.807) is 19.1 Å². The molecule has 3 aromatic carbocycles. The number of benzene rings is 3. The monoisotopic (exact) mass is 454 g/mol. The molecule has 0 atom stereocenters. The molecule has 0 saturated heterocycles. The Labute approximate surface area is 195 Å². The van der Waals surface area contributed by atoms with Gasteiger partial charge in [-0.15, -0.1) is 0 Å². The van der Waals surface area contributed by atoms with Gasteiger partial charge in [0.2, 0.25) is 0 Å². The van der Waals surface area contributed by atoms with Crippen LogP contribution in [0.2, 0.25) is 0 Å². The maximum Gasteiger partial charge on any atom is 0.394 e. The third-order valence-corrected chi connectivity index (χ3v) is 5.17. The Balaban J connectivity index is 1.17. The van der Waals surface area contributed by atoms with Crippen LogP contribution < -0.4 is 9.47 Å². The number of aromatic nitrogens is 2. The molecule has 0 fully saturated rings. The number of carbonyl (C=O) groups excluding carboxylic acids is 1. The minimum atomic E-state index is -0.574. The van der Waals surface area contributed by atoms with Crippen molar-refractivity contribution >= 4 is 28.0 Å². The van der Waals surface area contributed by atoms with Gasteiger partial charge in [0.05, 0.1) is 17.8 Å². The Bertz CT molecular complexity index is 1440. The Morgan fingerprint density at radius 2 is 1.59 bits per heavy atom. The fraction of sp³-hybridized carbons (Fsp3) is 0.148. The Morgan fingerprint density at radius 1 is 0.824 bits per heavy atom. The Hall–Kier alpha value is -4.39. The second-order valence-electron chi connectivity index (χ2n) is 7.59. The number of para-hydroxylation sites is 1. The van der Waals surface area contributed by atoms with Gasteiger partial charge in [-0.2, -0.15) is 0 Å². The molecule has 0 bridgehead atoms. The van der Waals surface area contributed by atoms with Crippen LogP contribution in [-0.4, -0.2) is 22.5 Å². The molecular weight excluding hydrogens is 432 g/mol. The summed E-state index contributed by atoms with van der Waals surface area (Å²) in [6, 6.07) is 24.9. The molecule has 0 saturated carbocycles. The van der Waals surface area contributed by atoms with E-state index in [1.165, 1.54) is 0 Å². The Kier molecular flexibility index (Phi) is 6.07. The van der Waals surface area contributed by atoms with Crippen molar-refractivity contribution < 1.29 is 23.4 Å². The molecule has 0 spiro atoms. The maximum absolute atomic E-state index is 11.8. The van der Waals surface area contributed by atoms with Gasteiger partial charge < -0.3 is 18.6 Å². The molecule has 5 rings (SSSR count). The average molecular weight is 454 g/mol. The number of pyridine rings is 1. The van der Waals surface area contributed by atoms with Crippen molar-refractivity contribution in [3.63, 3.8) is 0 Å². The molecule has 0 radical (unpaired) electrons. The standard InChI is InChI=1S/C27H22N2O5/c1-2-31-27(30)26-29-24-14-7-18(15-25(24)34-26)16-32-21-10-12-22(13-11-21)33-17-20-9-8-19-5-3-4-6-23(19)28-20/h3-15H,2,16-17H2,1H3. The van der Waals surface area contributed by atoms with E-state index in [4.69, 9.17) is 18.6 Å². The van der Waals surface area contributed by atoms with Crippen molar-refractivity contribution in [3.05, 3.63) is 96.0 Å². The van der Waals surface area contributed by atoms with Crippen molar-refractivity contribution in [3.8, 4) is 11.5 Å². The zero-order valence-corrected chi connectivity index (χ0v) is 18.6. The molecule has 0 aliphatic rings. The zero-order chi connectivity index (χ0) is 23.3. The summed E-state index contributed by atoms with van der Waals surface area (Å²) in [6.07, 6.45) is 0. The van der Waals surface area contributed by atoms with Gasteiger partial charge in [-0.3, -0.25) is 0 Å². The third kappa shape index (κ3) is 4.83. The average Bonchev–Trinajstić information content (AvgIpc) is 3.31. The highest BCUT2D eigenvalue weighted by molar-refractivity contribution is 5.88. The van der Waals surface area contributed by atoms with Crippen LogP contribution in [-0.2, 0) is 18.0 Å². The highest BCUT2D eigenvalue weighted by Gasteiger charge is 2.15. The van der Waals surface area contributed by atoms with Crippen molar-refractivity contribution in [1.82, 2.24) is 9.97 Å². The van der Waals surface area contributed by atoms with Gasteiger partial charge in [-0.1, -0.05) is 30.3 Å². The number of carbonyl (C=O) groups is 1. The van der Waals surface area contributed by atoms with Crippen molar-refractivity contribution in [2.75, 3.05) is 6.61 Å². The summed E-state index contributed by atoms with van der Waals surface area (Å²) in [4.78, 5) is 20.6. The highest BCUT2D eigenvalue weighted by Crippen LogP contribution is 2.22. The molecule has 34 heavy (non-hydrogen) atoms. The molecule has 0 unspecified atom stereocenters. The van der Waals surface area contributed by atoms with Crippen molar-refractivity contribution in [2.24, 2.45) is 0 Å². The lowest BCUT2D eigenvalue weighted by molar-refractivity contribution is 0.0483. The van der Waals surface area contributed by atoms with E-state index in [9.17, 15) is 4.79 Å². The van der Waals surface area contributed by atoms with E-state index in [0.717, 1.165) is 27.9 Å². The van der Waals surface area contributed by atoms with E-state index in [1.807, 2.05) is 66.7 Å². The third-order valence-electron chi connectivity index (χ3n) is 5.17. The SMILES string of the molecule is CCOC(=O)c1nc2ccc(COc3ccc(OCc4ccc5ccccc5n4)cc3)cc2o1. The van der Waals surface area contributed by atoms with Crippen LogP contribution in [0, 0.1) is 0 Å². The maximum atomic E-state index is 11.8. The molecule has 5 aromatic rings. The van der Waals surface area contributed by atoms with Crippen LogP contribution in [0.4, 0.5) is 0 Å². The number of hydrogen-bond donors (Lipinski definition) is 0. The van der Waals surface area contributed by atoms with E-state index in [2.05, 4.69) is 9.97 Å². The summed E-state index contributed by atoms with van der Waals surface area (Å²) in [6.45, 7) is 2.72. The number of nitrogens with zero attached hydrogens (tertiary/aromatic N) is 2. The molecule has 0 N–H and O–H groups in total. The van der Waals surface area contributed by atoms with Gasteiger partial charge in [0.25, 0.3) is 0 Å². The molecule has 2 aromatic heterocycles. The summed E-state index contributed by atoms with van der Waals surface area (Å²) < 4.78 is 22.2. The molecule has 2 heterocycles. The molecule has 0 aliphatic carbocycles. The van der Waals surface area contributed by atoms with Crippen LogP contribution in [0.1, 0.15) is 28.9 Å². The second-order valence-corrected chi connectivity index (χ2v) is 7.59. The number of ether oxygens (including phenoxy) is 3. The first-order valence-electron chi connectivity index (χ1n) is 10.9. The van der Waals surface area contributed by atoms with Crippen LogP contribution in [0.25, 0.3) is 22.0 Å². The van der Waals surface area contributed by atoms with E-state index >= 15 is 0 Å². The molecule has 170 valence electrons. The molecule has 7 nitrogen and oxygen atoms in total. The summed E-state index contributed by atoms with van der Waals surface area (Å²) in [5.41, 5.74) is 3.81. The number of rotatable bonds is 8. The van der Waals surface area contributed by atoms with Gasteiger partial charge in [-0.05, 0) is 61.0 Å². The largest absolute Gasteiger partial charge is 0.489 e. The number of fused-ring (bicyclic) bond motifs is 2. The van der Waals surface area contributed by atoms with Crippen LogP contribution in [0.5, 0.6) is 11.5 Å². The fourth-order valence-electron chi connectivity index (χ4n) is 3.48. The summed E-state index contributed by atoms with van der Waals surface area (Å²) in [5, 5.41) is 1.11. The molecule has 7 heteroatoms. The van der Waals surface area contributed by atoms with Crippen LogP contribution in [0.3, 0.4) is 0 Å². The van der Waals surface area contributed by atoms with Gasteiger partial charge in [0, 0.05) is 5.39 Å². The molecule has 0 aliphatic heterocycles. The lowest BCUT2D eigenvalue weighted by Gasteiger charge is -2.09. The quantitative estimate of drug-likeness (QED) is 0.278. The molecule has 0 amide bonds. The lowest BCUT2D eigenvalue weighted by Crippen LogP contribution is -2.04. The van der Waals surface area contributed by atoms with Crippen LogP contribution >= 0.6 is 0 Å². The topological polar surface area (TPSA) is 83.7 Å². The van der Waals surface area contributed by atoms with E-state index in [-0.39, 0.29) is 12.5 Å². The van der Waals surface area contributed by atoms with E-state index < -0.39 is 5.97 Å².